The third-order valence-corrected chi connectivity index (χ3v) is 3.38. The van der Waals surface area contributed by atoms with Crippen molar-refractivity contribution in [2.45, 2.75) is 19.3 Å². The number of nitrogens with one attached hydrogen (secondary N) is 1. The van der Waals surface area contributed by atoms with Crippen molar-refractivity contribution < 1.29 is 19.1 Å². The van der Waals surface area contributed by atoms with Crippen LogP contribution < -0.4 is 5.32 Å². The Kier molecular flexibility index (Phi) is 4.92. The van der Waals surface area contributed by atoms with Gasteiger partial charge in [0.15, 0.2) is 0 Å². The van der Waals surface area contributed by atoms with Gasteiger partial charge in [-0.2, -0.15) is 0 Å². The summed E-state index contributed by atoms with van der Waals surface area (Å²) in [6.45, 7) is 1.24. The molecular formula is C15H18N2O4. The van der Waals surface area contributed by atoms with Crippen LogP contribution in [0.1, 0.15) is 29.6 Å². The van der Waals surface area contributed by atoms with Gasteiger partial charge in [-0.3, -0.25) is 9.59 Å². The van der Waals surface area contributed by atoms with Crippen molar-refractivity contribution in [2.24, 2.45) is 0 Å². The zero-order valence-electron chi connectivity index (χ0n) is 11.9. The highest BCUT2D eigenvalue weighted by molar-refractivity contribution is 6.39. The Labute approximate surface area is 123 Å². The first-order chi connectivity index (χ1) is 10.1. The van der Waals surface area contributed by atoms with E-state index in [1.807, 2.05) is 0 Å². The number of ether oxygens (including phenoxy) is 1. The molecule has 1 aromatic carbocycles. The number of carbonyl (C=O) groups excluding carboxylic acids is 3. The number of carbonyl (C=O) groups is 3. The van der Waals surface area contributed by atoms with Crippen LogP contribution in [0.3, 0.4) is 0 Å². The molecule has 6 heteroatoms. The smallest absolute Gasteiger partial charge is 0.337 e. The van der Waals surface area contributed by atoms with E-state index in [-0.39, 0.29) is 0 Å². The molecule has 0 saturated carbocycles. The summed E-state index contributed by atoms with van der Waals surface area (Å²) in [5.74, 6) is -1.70. The number of likely N-dealkylation sites (tertiary alicyclic amines) is 1. The Morgan fingerprint density at radius 1 is 1.14 bits per heavy atom. The maximum absolute atomic E-state index is 12.0. The average Bonchev–Trinajstić information content (AvgIpc) is 2.54. The number of anilines is 1. The van der Waals surface area contributed by atoms with Gasteiger partial charge >= 0.3 is 17.8 Å². The molecule has 0 bridgehead atoms. The molecule has 1 saturated heterocycles. The minimum absolute atomic E-state index is 0.320. The number of amides is 2. The van der Waals surface area contributed by atoms with Crippen molar-refractivity contribution in [1.82, 2.24) is 4.90 Å². The molecule has 1 fully saturated rings. The number of benzene rings is 1. The Hall–Kier alpha value is -2.37. The van der Waals surface area contributed by atoms with E-state index >= 15 is 0 Å². The Balaban J connectivity index is 2.01. The number of nitrogens with zero attached hydrogens (tertiary/aromatic N) is 1. The predicted octanol–water partition coefficient (Wildman–Crippen LogP) is 1.42. The summed E-state index contributed by atoms with van der Waals surface area (Å²) in [5, 5.41) is 2.52. The molecule has 1 aliphatic heterocycles. The van der Waals surface area contributed by atoms with Gasteiger partial charge in [0.2, 0.25) is 0 Å². The zero-order chi connectivity index (χ0) is 15.2. The molecular weight excluding hydrogens is 272 g/mol. The first-order valence-electron chi connectivity index (χ1n) is 6.90. The van der Waals surface area contributed by atoms with Crippen molar-refractivity contribution in [2.75, 3.05) is 25.5 Å². The lowest BCUT2D eigenvalue weighted by Gasteiger charge is -2.25. The van der Waals surface area contributed by atoms with Crippen LogP contribution in [0, 0.1) is 0 Å². The van der Waals surface area contributed by atoms with E-state index in [9.17, 15) is 14.4 Å². The van der Waals surface area contributed by atoms with Crippen molar-refractivity contribution in [3.8, 4) is 0 Å². The molecule has 112 valence electrons. The van der Waals surface area contributed by atoms with Crippen molar-refractivity contribution in [1.29, 1.82) is 0 Å². The molecule has 6 nitrogen and oxygen atoms in total. The SMILES string of the molecule is COC(=O)c1cccc(NC(=O)C(=O)N2CCCCC2)c1. The van der Waals surface area contributed by atoms with E-state index in [4.69, 9.17) is 0 Å². The highest BCUT2D eigenvalue weighted by Crippen LogP contribution is 2.13. The number of piperidine rings is 1. The summed E-state index contributed by atoms with van der Waals surface area (Å²) in [6.07, 6.45) is 2.94. The fraction of sp³-hybridized carbons (Fsp3) is 0.400. The molecule has 1 aromatic rings. The lowest BCUT2D eigenvalue weighted by molar-refractivity contribution is -0.143. The molecule has 0 atom stereocenters. The van der Waals surface area contributed by atoms with Gasteiger partial charge in [-0.15, -0.1) is 0 Å². The fourth-order valence-electron chi connectivity index (χ4n) is 2.27. The van der Waals surface area contributed by atoms with Crippen LogP contribution in [0.5, 0.6) is 0 Å². The molecule has 0 aromatic heterocycles. The van der Waals surface area contributed by atoms with Gasteiger partial charge < -0.3 is 15.0 Å². The second-order valence-electron chi connectivity index (χ2n) is 4.88. The summed E-state index contributed by atoms with van der Waals surface area (Å²) in [4.78, 5) is 36.9. The van der Waals surface area contributed by atoms with Crippen LogP contribution >= 0.6 is 0 Å². The molecule has 0 spiro atoms. The van der Waals surface area contributed by atoms with Crippen molar-refractivity contribution in [3.05, 3.63) is 29.8 Å². The van der Waals surface area contributed by atoms with E-state index in [0.717, 1.165) is 19.3 Å². The first kappa shape index (κ1) is 15.0. The molecule has 21 heavy (non-hydrogen) atoms. The Morgan fingerprint density at radius 2 is 1.86 bits per heavy atom. The van der Waals surface area contributed by atoms with Gasteiger partial charge in [-0.05, 0) is 37.5 Å². The topological polar surface area (TPSA) is 75.7 Å². The molecule has 0 unspecified atom stereocenters. The van der Waals surface area contributed by atoms with Crippen LogP contribution in [0.25, 0.3) is 0 Å². The molecule has 2 rings (SSSR count). The minimum Gasteiger partial charge on any atom is -0.465 e. The fourth-order valence-corrected chi connectivity index (χ4v) is 2.27. The number of rotatable bonds is 2. The van der Waals surface area contributed by atoms with Crippen LogP contribution in [-0.4, -0.2) is 42.9 Å². The number of hydrogen-bond donors (Lipinski definition) is 1. The van der Waals surface area contributed by atoms with Gasteiger partial charge in [0.05, 0.1) is 12.7 Å². The second kappa shape index (κ2) is 6.88. The van der Waals surface area contributed by atoms with Gasteiger partial charge in [0, 0.05) is 18.8 Å². The lowest BCUT2D eigenvalue weighted by atomic mass is 10.1. The van der Waals surface area contributed by atoms with E-state index in [1.165, 1.54) is 13.2 Å². The standard InChI is InChI=1S/C15H18N2O4/c1-21-15(20)11-6-5-7-12(10-11)16-13(18)14(19)17-8-3-2-4-9-17/h5-7,10H,2-4,8-9H2,1H3,(H,16,18). The minimum atomic E-state index is -0.682. The first-order valence-corrected chi connectivity index (χ1v) is 6.90. The van der Waals surface area contributed by atoms with Gasteiger partial charge in [0.25, 0.3) is 0 Å². The molecule has 2 amide bonds. The van der Waals surface area contributed by atoms with E-state index in [1.54, 1.807) is 23.1 Å². The summed E-state index contributed by atoms with van der Waals surface area (Å²) in [5.41, 5.74) is 0.717. The summed E-state index contributed by atoms with van der Waals surface area (Å²) in [7, 11) is 1.29. The van der Waals surface area contributed by atoms with E-state index in [2.05, 4.69) is 10.1 Å². The zero-order valence-corrected chi connectivity index (χ0v) is 11.9. The third kappa shape index (κ3) is 3.81. The molecule has 1 aliphatic rings. The maximum atomic E-state index is 12.0. The molecule has 1 N–H and O–H groups in total. The summed E-state index contributed by atoms with van der Waals surface area (Å²) >= 11 is 0. The van der Waals surface area contributed by atoms with E-state index in [0.29, 0.717) is 24.3 Å². The number of hydrogen-bond acceptors (Lipinski definition) is 4. The summed E-state index contributed by atoms with van der Waals surface area (Å²) in [6, 6.07) is 6.29. The second-order valence-corrected chi connectivity index (χ2v) is 4.88. The van der Waals surface area contributed by atoms with Crippen LogP contribution in [0.4, 0.5) is 5.69 Å². The van der Waals surface area contributed by atoms with Crippen molar-refractivity contribution in [3.63, 3.8) is 0 Å². The van der Waals surface area contributed by atoms with Gasteiger partial charge in [0.1, 0.15) is 0 Å². The maximum Gasteiger partial charge on any atom is 0.337 e. The molecule has 1 heterocycles. The average molecular weight is 290 g/mol. The molecule has 0 radical (unpaired) electrons. The highest BCUT2D eigenvalue weighted by atomic mass is 16.5. The van der Waals surface area contributed by atoms with Crippen LogP contribution in [0.2, 0.25) is 0 Å². The summed E-state index contributed by atoms with van der Waals surface area (Å²) < 4.78 is 4.61. The van der Waals surface area contributed by atoms with Crippen molar-refractivity contribution >= 4 is 23.5 Å². The largest absolute Gasteiger partial charge is 0.465 e. The lowest BCUT2D eigenvalue weighted by Crippen LogP contribution is -2.42. The molecule has 0 aliphatic carbocycles. The predicted molar refractivity (Wildman–Crippen MR) is 76.8 cm³/mol. The Morgan fingerprint density at radius 3 is 2.52 bits per heavy atom. The normalized spacial score (nSPS) is 14.4. The quantitative estimate of drug-likeness (QED) is 0.660. The number of esters is 1. The van der Waals surface area contributed by atoms with Gasteiger partial charge in [-0.1, -0.05) is 6.07 Å². The third-order valence-electron chi connectivity index (χ3n) is 3.38. The van der Waals surface area contributed by atoms with Gasteiger partial charge in [-0.25, -0.2) is 4.79 Å². The Bertz CT molecular complexity index is 550. The monoisotopic (exact) mass is 290 g/mol. The number of methoxy groups -OCH3 is 1. The van der Waals surface area contributed by atoms with Crippen LogP contribution in [0.15, 0.2) is 24.3 Å². The van der Waals surface area contributed by atoms with Crippen LogP contribution in [-0.2, 0) is 14.3 Å². The van der Waals surface area contributed by atoms with E-state index < -0.39 is 17.8 Å². The highest BCUT2D eigenvalue weighted by Gasteiger charge is 2.23.